The van der Waals surface area contributed by atoms with E-state index < -0.39 is 0 Å². The van der Waals surface area contributed by atoms with Crippen molar-refractivity contribution in [3.8, 4) is 5.75 Å². The number of nitrogens with one attached hydrogen (secondary N) is 1. The number of rotatable bonds is 12. The molecule has 0 atom stereocenters. The number of carbonyl (C=O) groups excluding carboxylic acids is 1. The van der Waals surface area contributed by atoms with Gasteiger partial charge in [0.1, 0.15) is 5.75 Å². The maximum absolute atomic E-state index is 11.8. The maximum atomic E-state index is 11.8. The van der Waals surface area contributed by atoms with Crippen LogP contribution in [0.5, 0.6) is 5.75 Å². The molecule has 0 amide bonds. The van der Waals surface area contributed by atoms with Crippen LogP contribution in [0, 0.1) is 6.92 Å². The number of hydrogen-bond acceptors (Lipinski definition) is 3. The maximum Gasteiger partial charge on any atom is 0.175 e. The fraction of sp³-hybridized carbons (Fsp3) is 0.423. The highest BCUT2D eigenvalue weighted by Crippen LogP contribution is 2.20. The van der Waals surface area contributed by atoms with Gasteiger partial charge in [-0.3, -0.25) is 4.79 Å². The van der Waals surface area contributed by atoms with Gasteiger partial charge in [0.2, 0.25) is 0 Å². The predicted octanol–water partition coefficient (Wildman–Crippen LogP) is 6.64. The smallest absolute Gasteiger partial charge is 0.175 e. The van der Waals surface area contributed by atoms with Gasteiger partial charge in [-0.2, -0.15) is 0 Å². The third-order valence-corrected chi connectivity index (χ3v) is 5.01. The average Bonchev–Trinajstić information content (AvgIpc) is 2.72. The molecule has 0 aliphatic rings. The molecule has 2 aromatic rings. The second kappa shape index (κ2) is 12.1. The van der Waals surface area contributed by atoms with Gasteiger partial charge in [0, 0.05) is 12.6 Å². The molecule has 0 saturated carbocycles. The molecule has 0 heterocycles. The van der Waals surface area contributed by atoms with Crippen LogP contribution < -0.4 is 10.1 Å². The zero-order valence-electron chi connectivity index (χ0n) is 18.4. The fourth-order valence-electron chi connectivity index (χ4n) is 3.21. The standard InChI is InChI=1S/C26H35NO2/c1-5-7-14-26(21(4)28)27-25-16-15-23(18-20(25)3)11-8-9-17-29-24-13-10-12-22(6-2)19-24/h10,12-16,18-19,27H,5-9,11,17H2,1-4H3/b26-14+. The van der Waals surface area contributed by atoms with Gasteiger partial charge in [-0.1, -0.05) is 50.6 Å². The molecule has 29 heavy (non-hydrogen) atoms. The Bertz CT molecular complexity index is 823. The lowest BCUT2D eigenvalue weighted by atomic mass is 10.0. The number of carbonyl (C=O) groups is 1. The van der Waals surface area contributed by atoms with E-state index in [2.05, 4.69) is 62.5 Å². The molecule has 0 fully saturated rings. The number of benzene rings is 2. The Labute approximate surface area is 176 Å². The first-order chi connectivity index (χ1) is 14.0. The van der Waals surface area contributed by atoms with Crippen LogP contribution in [0.1, 0.15) is 63.1 Å². The number of allylic oxidation sites excluding steroid dienone is 2. The van der Waals surface area contributed by atoms with Crippen molar-refractivity contribution < 1.29 is 9.53 Å². The van der Waals surface area contributed by atoms with Crippen molar-refractivity contribution in [1.29, 1.82) is 0 Å². The second-order valence-corrected chi connectivity index (χ2v) is 7.54. The van der Waals surface area contributed by atoms with E-state index in [-0.39, 0.29) is 5.78 Å². The Morgan fingerprint density at radius 2 is 1.90 bits per heavy atom. The molecule has 2 rings (SSSR count). The minimum absolute atomic E-state index is 0.0754. The zero-order valence-corrected chi connectivity index (χ0v) is 18.4. The van der Waals surface area contributed by atoms with Gasteiger partial charge >= 0.3 is 0 Å². The molecule has 1 N–H and O–H groups in total. The SMILES string of the molecule is CCC/C=C(/Nc1ccc(CCCCOc2cccc(CC)c2)cc1C)C(C)=O. The Kier molecular flexibility index (Phi) is 9.49. The van der Waals surface area contributed by atoms with Gasteiger partial charge in [-0.15, -0.1) is 0 Å². The lowest BCUT2D eigenvalue weighted by molar-refractivity contribution is -0.113. The van der Waals surface area contributed by atoms with Crippen molar-refractivity contribution >= 4 is 11.5 Å². The summed E-state index contributed by atoms with van der Waals surface area (Å²) in [6.45, 7) is 8.72. The van der Waals surface area contributed by atoms with Gasteiger partial charge in [0.15, 0.2) is 5.78 Å². The molecule has 0 bridgehead atoms. The molecule has 0 unspecified atom stereocenters. The first kappa shape index (κ1) is 22.7. The number of hydrogen-bond donors (Lipinski definition) is 1. The molecule has 156 valence electrons. The molecule has 0 aliphatic carbocycles. The van der Waals surface area contributed by atoms with Gasteiger partial charge in [0.25, 0.3) is 0 Å². The van der Waals surface area contributed by atoms with E-state index in [0.29, 0.717) is 5.70 Å². The number of ether oxygens (including phenoxy) is 1. The molecule has 3 nitrogen and oxygen atoms in total. The van der Waals surface area contributed by atoms with Gasteiger partial charge < -0.3 is 10.1 Å². The highest BCUT2D eigenvalue weighted by molar-refractivity contribution is 5.96. The van der Waals surface area contributed by atoms with Crippen LogP contribution in [0.4, 0.5) is 5.69 Å². The second-order valence-electron chi connectivity index (χ2n) is 7.54. The van der Waals surface area contributed by atoms with Gasteiger partial charge in [-0.05, 0) is 73.9 Å². The summed E-state index contributed by atoms with van der Waals surface area (Å²) >= 11 is 0. The van der Waals surface area contributed by atoms with Crippen molar-refractivity contribution in [3.63, 3.8) is 0 Å². The minimum Gasteiger partial charge on any atom is -0.494 e. The number of unbranched alkanes of at least 4 members (excludes halogenated alkanes) is 2. The molecule has 3 heteroatoms. The number of aryl methyl sites for hydroxylation is 3. The van der Waals surface area contributed by atoms with Crippen molar-refractivity contribution in [1.82, 2.24) is 0 Å². The van der Waals surface area contributed by atoms with Crippen molar-refractivity contribution in [3.05, 3.63) is 70.9 Å². The average molecular weight is 394 g/mol. The highest BCUT2D eigenvalue weighted by atomic mass is 16.5. The molecular formula is C26H35NO2. The number of ketones is 1. The summed E-state index contributed by atoms with van der Waals surface area (Å²) in [5.74, 6) is 1.04. The van der Waals surface area contributed by atoms with Crippen LogP contribution in [0.25, 0.3) is 0 Å². The Hall–Kier alpha value is -2.55. The van der Waals surface area contributed by atoms with Crippen LogP contribution >= 0.6 is 0 Å². The summed E-state index contributed by atoms with van der Waals surface area (Å²) in [5.41, 5.74) is 5.49. The highest BCUT2D eigenvalue weighted by Gasteiger charge is 2.07. The van der Waals surface area contributed by atoms with Gasteiger partial charge in [0.05, 0.1) is 12.3 Å². The molecule has 0 aliphatic heterocycles. The minimum atomic E-state index is 0.0754. The summed E-state index contributed by atoms with van der Waals surface area (Å²) in [6, 6.07) is 14.8. The predicted molar refractivity (Wildman–Crippen MR) is 123 cm³/mol. The monoisotopic (exact) mass is 393 g/mol. The van der Waals surface area contributed by atoms with Crippen molar-refractivity contribution in [2.45, 2.75) is 66.2 Å². The van der Waals surface area contributed by atoms with Crippen LogP contribution in [-0.4, -0.2) is 12.4 Å². The lowest BCUT2D eigenvalue weighted by Gasteiger charge is -2.13. The summed E-state index contributed by atoms with van der Waals surface area (Å²) in [6.07, 6.45) is 8.12. The van der Waals surface area contributed by atoms with Crippen LogP contribution in [-0.2, 0) is 17.6 Å². The first-order valence-electron chi connectivity index (χ1n) is 10.8. The molecular weight excluding hydrogens is 358 g/mol. The molecule has 0 saturated heterocycles. The van der Waals surface area contributed by atoms with Crippen LogP contribution in [0.3, 0.4) is 0 Å². The Morgan fingerprint density at radius 3 is 2.59 bits per heavy atom. The normalized spacial score (nSPS) is 11.4. The third kappa shape index (κ3) is 7.77. The van der Waals surface area contributed by atoms with Crippen LogP contribution in [0.15, 0.2) is 54.2 Å². The Balaban J connectivity index is 1.81. The Morgan fingerprint density at radius 1 is 1.07 bits per heavy atom. The summed E-state index contributed by atoms with van der Waals surface area (Å²) in [4.78, 5) is 11.8. The van der Waals surface area contributed by atoms with Crippen molar-refractivity contribution in [2.75, 3.05) is 11.9 Å². The molecule has 0 aromatic heterocycles. The van der Waals surface area contributed by atoms with Crippen molar-refractivity contribution in [2.24, 2.45) is 0 Å². The summed E-state index contributed by atoms with van der Waals surface area (Å²) in [5, 5.41) is 3.30. The molecule has 2 aromatic carbocycles. The number of Topliss-reactive ketones (excluding diaryl/α,β-unsaturated/α-hetero) is 1. The quantitative estimate of drug-likeness (QED) is 0.324. The van der Waals surface area contributed by atoms with E-state index in [4.69, 9.17) is 4.74 Å². The molecule has 0 spiro atoms. The zero-order chi connectivity index (χ0) is 21.1. The van der Waals surface area contributed by atoms with E-state index >= 15 is 0 Å². The van der Waals surface area contributed by atoms with E-state index in [9.17, 15) is 4.79 Å². The summed E-state index contributed by atoms with van der Waals surface area (Å²) < 4.78 is 5.88. The van der Waals surface area contributed by atoms with E-state index in [1.165, 1.54) is 16.7 Å². The van der Waals surface area contributed by atoms with E-state index in [0.717, 1.165) is 56.6 Å². The van der Waals surface area contributed by atoms with E-state index in [1.54, 1.807) is 6.92 Å². The van der Waals surface area contributed by atoms with Gasteiger partial charge in [-0.25, -0.2) is 0 Å². The third-order valence-electron chi connectivity index (χ3n) is 5.01. The first-order valence-corrected chi connectivity index (χ1v) is 10.8. The summed E-state index contributed by atoms with van der Waals surface area (Å²) in [7, 11) is 0. The molecule has 0 radical (unpaired) electrons. The van der Waals surface area contributed by atoms with Crippen LogP contribution in [0.2, 0.25) is 0 Å². The number of anilines is 1. The largest absolute Gasteiger partial charge is 0.494 e. The fourth-order valence-corrected chi connectivity index (χ4v) is 3.21. The topological polar surface area (TPSA) is 38.3 Å². The lowest BCUT2D eigenvalue weighted by Crippen LogP contribution is -2.09. The van der Waals surface area contributed by atoms with E-state index in [1.807, 2.05) is 12.1 Å².